The number of anilines is 1. The zero-order chi connectivity index (χ0) is 19.5. The van der Waals surface area contributed by atoms with Crippen LogP contribution in [-0.2, 0) is 5.41 Å². The Balaban J connectivity index is 2.36. The van der Waals surface area contributed by atoms with Gasteiger partial charge in [0.25, 0.3) is 5.91 Å². The lowest BCUT2D eigenvalue weighted by Crippen LogP contribution is -2.26. The second-order valence-electron chi connectivity index (χ2n) is 7.08. The van der Waals surface area contributed by atoms with Gasteiger partial charge in [-0.25, -0.2) is 0 Å². The minimum Gasteiger partial charge on any atom is -0.493 e. The maximum Gasteiger partial charge on any atom is 0.258 e. The largest absolute Gasteiger partial charge is 0.493 e. The van der Waals surface area contributed by atoms with Gasteiger partial charge in [-0.2, -0.15) is 0 Å². The minimum atomic E-state index is -0.159. The van der Waals surface area contributed by atoms with Crippen LogP contribution in [0.25, 0.3) is 0 Å². The van der Waals surface area contributed by atoms with Gasteiger partial charge in [-0.05, 0) is 35.2 Å². The molecule has 2 aromatic rings. The minimum absolute atomic E-state index is 0.0673. The monoisotopic (exact) mass is 357 g/mol. The Morgan fingerprint density at radius 3 is 1.77 bits per heavy atom. The molecule has 0 saturated heterocycles. The number of benzene rings is 2. The summed E-state index contributed by atoms with van der Waals surface area (Å²) in [5.41, 5.74) is 2.56. The predicted molar refractivity (Wildman–Crippen MR) is 104 cm³/mol. The zero-order valence-electron chi connectivity index (χ0n) is 16.5. The van der Waals surface area contributed by atoms with E-state index in [0.717, 1.165) is 5.69 Å². The molecule has 5 heteroatoms. The van der Waals surface area contributed by atoms with Gasteiger partial charge in [0.15, 0.2) is 11.5 Å². The fraction of sp³-hybridized carbons (Fsp3) is 0.381. The topological polar surface area (TPSA) is 48.0 Å². The molecule has 0 unspecified atom stereocenters. The van der Waals surface area contributed by atoms with Crippen molar-refractivity contribution in [2.75, 3.05) is 33.3 Å². The molecule has 0 saturated carbocycles. The Kier molecular flexibility index (Phi) is 5.80. The van der Waals surface area contributed by atoms with Gasteiger partial charge in [-0.1, -0.05) is 32.9 Å². The molecule has 140 valence electrons. The van der Waals surface area contributed by atoms with E-state index in [1.807, 2.05) is 24.3 Å². The van der Waals surface area contributed by atoms with Gasteiger partial charge < -0.3 is 19.1 Å². The second kappa shape index (κ2) is 7.68. The number of amides is 1. The molecule has 2 rings (SSSR count). The first-order valence-corrected chi connectivity index (χ1v) is 8.41. The standard InChI is InChI=1S/C21H27NO4/c1-21(2,3)15-8-10-16(11-9-15)22(4)20(23)14-12-17(24-5)19(26-7)18(13-14)25-6/h8-13H,1-7H3. The van der Waals surface area contributed by atoms with E-state index in [4.69, 9.17) is 14.2 Å². The summed E-state index contributed by atoms with van der Waals surface area (Å²) in [7, 11) is 6.34. The summed E-state index contributed by atoms with van der Waals surface area (Å²) in [6, 6.07) is 11.3. The summed E-state index contributed by atoms with van der Waals surface area (Å²) in [5, 5.41) is 0. The number of carbonyl (C=O) groups is 1. The van der Waals surface area contributed by atoms with Crippen molar-refractivity contribution in [1.29, 1.82) is 0 Å². The highest BCUT2D eigenvalue weighted by atomic mass is 16.5. The lowest BCUT2D eigenvalue weighted by molar-refractivity contribution is 0.0992. The van der Waals surface area contributed by atoms with E-state index in [0.29, 0.717) is 22.8 Å². The molecule has 0 aliphatic rings. The third kappa shape index (κ3) is 3.93. The third-order valence-corrected chi connectivity index (χ3v) is 4.34. The average Bonchev–Trinajstić information content (AvgIpc) is 2.64. The van der Waals surface area contributed by atoms with Crippen LogP contribution in [0.4, 0.5) is 5.69 Å². The number of carbonyl (C=O) groups excluding carboxylic acids is 1. The zero-order valence-corrected chi connectivity index (χ0v) is 16.5. The lowest BCUT2D eigenvalue weighted by Gasteiger charge is -2.22. The van der Waals surface area contributed by atoms with E-state index in [-0.39, 0.29) is 11.3 Å². The van der Waals surface area contributed by atoms with E-state index in [1.54, 1.807) is 24.1 Å². The second-order valence-corrected chi connectivity index (χ2v) is 7.08. The van der Waals surface area contributed by atoms with Gasteiger partial charge >= 0.3 is 0 Å². The molecule has 0 heterocycles. The van der Waals surface area contributed by atoms with Crippen LogP contribution in [0.5, 0.6) is 17.2 Å². The Hall–Kier alpha value is -2.69. The summed E-state index contributed by atoms with van der Waals surface area (Å²) in [6.45, 7) is 6.48. The van der Waals surface area contributed by atoms with Gasteiger partial charge in [-0.15, -0.1) is 0 Å². The van der Waals surface area contributed by atoms with Crippen molar-refractivity contribution in [3.8, 4) is 17.2 Å². The maximum absolute atomic E-state index is 12.9. The molecule has 0 aromatic heterocycles. The molecule has 0 spiro atoms. The average molecular weight is 357 g/mol. The van der Waals surface area contributed by atoms with Gasteiger partial charge in [-0.3, -0.25) is 4.79 Å². The van der Waals surface area contributed by atoms with Crippen LogP contribution < -0.4 is 19.1 Å². The first-order chi connectivity index (χ1) is 12.2. The number of rotatable bonds is 5. The fourth-order valence-corrected chi connectivity index (χ4v) is 2.70. The van der Waals surface area contributed by atoms with Crippen molar-refractivity contribution in [2.45, 2.75) is 26.2 Å². The lowest BCUT2D eigenvalue weighted by atomic mass is 9.87. The molecule has 1 amide bonds. The number of hydrogen-bond acceptors (Lipinski definition) is 4. The van der Waals surface area contributed by atoms with Crippen molar-refractivity contribution in [3.63, 3.8) is 0 Å². The summed E-state index contributed by atoms with van der Waals surface area (Å²) in [5.74, 6) is 1.20. The van der Waals surface area contributed by atoms with E-state index in [1.165, 1.54) is 26.9 Å². The van der Waals surface area contributed by atoms with Gasteiger partial charge in [0.2, 0.25) is 5.75 Å². The first kappa shape index (κ1) is 19.6. The number of nitrogens with zero attached hydrogens (tertiary/aromatic N) is 1. The van der Waals surface area contributed by atoms with Crippen LogP contribution >= 0.6 is 0 Å². The van der Waals surface area contributed by atoms with Crippen molar-refractivity contribution < 1.29 is 19.0 Å². The smallest absolute Gasteiger partial charge is 0.258 e. The van der Waals surface area contributed by atoms with Gasteiger partial charge in [0.1, 0.15) is 0 Å². The molecule has 0 radical (unpaired) electrons. The van der Waals surface area contributed by atoms with E-state index in [9.17, 15) is 4.79 Å². The molecule has 0 aliphatic carbocycles. The summed E-state index contributed by atoms with van der Waals surface area (Å²) in [4.78, 5) is 14.5. The molecular weight excluding hydrogens is 330 g/mol. The van der Waals surface area contributed by atoms with Crippen LogP contribution in [-0.4, -0.2) is 34.3 Å². The van der Waals surface area contributed by atoms with E-state index in [2.05, 4.69) is 20.8 Å². The Labute approximate surface area is 155 Å². The highest BCUT2D eigenvalue weighted by molar-refractivity contribution is 6.06. The van der Waals surface area contributed by atoms with Crippen LogP contribution in [0.3, 0.4) is 0 Å². The normalized spacial score (nSPS) is 11.0. The Bertz CT molecular complexity index is 751. The predicted octanol–water partition coefficient (Wildman–Crippen LogP) is 4.29. The van der Waals surface area contributed by atoms with Crippen molar-refractivity contribution in [2.24, 2.45) is 0 Å². The van der Waals surface area contributed by atoms with Crippen LogP contribution in [0.1, 0.15) is 36.7 Å². The third-order valence-electron chi connectivity index (χ3n) is 4.34. The summed E-state index contributed by atoms with van der Waals surface area (Å²) in [6.07, 6.45) is 0. The van der Waals surface area contributed by atoms with Gasteiger partial charge in [0.05, 0.1) is 21.3 Å². The van der Waals surface area contributed by atoms with E-state index >= 15 is 0 Å². The summed E-state index contributed by atoms with van der Waals surface area (Å²) < 4.78 is 16.0. The van der Waals surface area contributed by atoms with E-state index < -0.39 is 0 Å². The molecule has 0 atom stereocenters. The van der Waals surface area contributed by atoms with Crippen molar-refractivity contribution >= 4 is 11.6 Å². The highest BCUT2D eigenvalue weighted by Gasteiger charge is 2.21. The van der Waals surface area contributed by atoms with Gasteiger partial charge in [0, 0.05) is 18.3 Å². The number of hydrogen-bond donors (Lipinski definition) is 0. The first-order valence-electron chi connectivity index (χ1n) is 8.41. The molecule has 0 fully saturated rings. The number of ether oxygens (including phenoxy) is 3. The number of methoxy groups -OCH3 is 3. The maximum atomic E-state index is 12.9. The quantitative estimate of drug-likeness (QED) is 0.801. The Morgan fingerprint density at radius 1 is 0.885 bits per heavy atom. The van der Waals surface area contributed by atoms with Crippen LogP contribution in [0, 0.1) is 0 Å². The Morgan fingerprint density at radius 2 is 1.38 bits per heavy atom. The highest BCUT2D eigenvalue weighted by Crippen LogP contribution is 2.38. The van der Waals surface area contributed by atoms with Crippen molar-refractivity contribution in [1.82, 2.24) is 0 Å². The van der Waals surface area contributed by atoms with Crippen molar-refractivity contribution in [3.05, 3.63) is 47.5 Å². The molecule has 2 aromatic carbocycles. The SMILES string of the molecule is COc1cc(C(=O)N(C)c2ccc(C(C)(C)C)cc2)cc(OC)c1OC. The molecule has 0 N–H and O–H groups in total. The molecule has 26 heavy (non-hydrogen) atoms. The van der Waals surface area contributed by atoms with Crippen LogP contribution in [0.15, 0.2) is 36.4 Å². The summed E-state index contributed by atoms with van der Waals surface area (Å²) >= 11 is 0. The fourth-order valence-electron chi connectivity index (χ4n) is 2.70. The molecule has 0 bridgehead atoms. The molecule has 5 nitrogen and oxygen atoms in total. The molecule has 0 aliphatic heterocycles. The van der Waals surface area contributed by atoms with Crippen LogP contribution in [0.2, 0.25) is 0 Å². The molecular formula is C21H27NO4.